The second-order valence-corrected chi connectivity index (χ2v) is 9.08. The number of benzene rings is 3. The van der Waals surface area contributed by atoms with Crippen molar-refractivity contribution < 1.29 is 13.2 Å². The van der Waals surface area contributed by atoms with E-state index in [1.54, 1.807) is 31.2 Å². The van der Waals surface area contributed by atoms with E-state index in [1.165, 1.54) is 12.1 Å². The zero-order chi connectivity index (χ0) is 22.4. The Kier molecular flexibility index (Phi) is 6.87. The summed E-state index contributed by atoms with van der Waals surface area (Å²) in [6.07, 6.45) is 0. The van der Waals surface area contributed by atoms with Crippen molar-refractivity contribution in [1.82, 2.24) is 5.43 Å². The van der Waals surface area contributed by atoms with Gasteiger partial charge in [-0.25, -0.2) is 13.8 Å². The minimum atomic E-state index is -3.96. The van der Waals surface area contributed by atoms with Gasteiger partial charge < -0.3 is 0 Å². The summed E-state index contributed by atoms with van der Waals surface area (Å²) >= 11 is 0. The smallest absolute Gasteiger partial charge is 0.264 e. The zero-order valence-corrected chi connectivity index (χ0v) is 18.6. The molecule has 0 atom stereocenters. The van der Waals surface area contributed by atoms with Crippen molar-refractivity contribution in [2.75, 3.05) is 10.8 Å². The van der Waals surface area contributed by atoms with Gasteiger partial charge in [-0.15, -0.1) is 0 Å². The summed E-state index contributed by atoms with van der Waals surface area (Å²) in [7, 11) is -3.96. The van der Waals surface area contributed by atoms with E-state index in [0.29, 0.717) is 11.4 Å². The van der Waals surface area contributed by atoms with Gasteiger partial charge in [-0.1, -0.05) is 60.7 Å². The van der Waals surface area contributed by atoms with Crippen molar-refractivity contribution in [3.63, 3.8) is 0 Å². The summed E-state index contributed by atoms with van der Waals surface area (Å²) in [5, 5.41) is 4.13. The van der Waals surface area contributed by atoms with Crippen LogP contribution in [0.25, 0.3) is 0 Å². The molecule has 7 heteroatoms. The Bertz CT molecular complexity index is 1190. The van der Waals surface area contributed by atoms with Gasteiger partial charge in [0.15, 0.2) is 0 Å². The number of hydrazone groups is 1. The predicted octanol–water partition coefficient (Wildman–Crippen LogP) is 4.04. The second kappa shape index (κ2) is 9.57. The van der Waals surface area contributed by atoms with Crippen LogP contribution in [0, 0.1) is 13.8 Å². The van der Waals surface area contributed by atoms with E-state index in [4.69, 9.17) is 0 Å². The molecule has 31 heavy (non-hydrogen) atoms. The lowest BCUT2D eigenvalue weighted by Crippen LogP contribution is -2.40. The Hall–Kier alpha value is -3.45. The summed E-state index contributed by atoms with van der Waals surface area (Å²) in [5.41, 5.74) is 6.08. The molecule has 0 aliphatic carbocycles. The van der Waals surface area contributed by atoms with Crippen LogP contribution in [0.5, 0.6) is 0 Å². The first-order valence-electron chi connectivity index (χ1n) is 9.82. The third kappa shape index (κ3) is 5.38. The molecule has 3 aromatic rings. The number of nitrogens with zero attached hydrogens (tertiary/aromatic N) is 2. The number of rotatable bonds is 7. The maximum absolute atomic E-state index is 13.4. The van der Waals surface area contributed by atoms with Crippen LogP contribution in [0.15, 0.2) is 88.9 Å². The summed E-state index contributed by atoms with van der Waals surface area (Å²) < 4.78 is 27.9. The van der Waals surface area contributed by atoms with Gasteiger partial charge in [0.2, 0.25) is 0 Å². The van der Waals surface area contributed by atoms with E-state index < -0.39 is 22.5 Å². The quantitative estimate of drug-likeness (QED) is 0.449. The first kappa shape index (κ1) is 22.2. The van der Waals surface area contributed by atoms with Crippen LogP contribution in [-0.4, -0.2) is 26.6 Å². The van der Waals surface area contributed by atoms with Crippen molar-refractivity contribution in [1.29, 1.82) is 0 Å². The summed E-state index contributed by atoms with van der Waals surface area (Å²) in [5.74, 6) is -0.532. The van der Waals surface area contributed by atoms with Gasteiger partial charge in [-0.2, -0.15) is 5.10 Å². The maximum Gasteiger partial charge on any atom is 0.264 e. The Balaban J connectivity index is 1.92. The standard InChI is InChI=1S/C24H25N3O3S/c1-18-14-15-19(2)23(16-18)27(31(29,30)22-12-8-5-9-13-22)17-24(28)26-25-20(3)21-10-6-4-7-11-21/h4-16H,17H2,1-3H3,(H,26,28)/b25-20-. The van der Waals surface area contributed by atoms with E-state index in [2.05, 4.69) is 10.5 Å². The van der Waals surface area contributed by atoms with Crippen LogP contribution in [0.2, 0.25) is 0 Å². The van der Waals surface area contributed by atoms with Crippen LogP contribution in [0.4, 0.5) is 5.69 Å². The SMILES string of the molecule is C/C(=N/NC(=O)CN(c1cc(C)ccc1C)S(=O)(=O)c1ccccc1)c1ccccc1. The van der Waals surface area contributed by atoms with E-state index in [-0.39, 0.29) is 4.90 Å². The number of carbonyl (C=O) groups is 1. The van der Waals surface area contributed by atoms with Gasteiger partial charge in [-0.3, -0.25) is 9.10 Å². The average molecular weight is 436 g/mol. The minimum Gasteiger partial charge on any atom is -0.271 e. The van der Waals surface area contributed by atoms with Gasteiger partial charge in [0, 0.05) is 0 Å². The number of hydrogen-bond donors (Lipinski definition) is 1. The molecular formula is C24H25N3O3S. The Morgan fingerprint density at radius 1 is 0.935 bits per heavy atom. The lowest BCUT2D eigenvalue weighted by Gasteiger charge is -2.25. The third-order valence-electron chi connectivity index (χ3n) is 4.79. The highest BCUT2D eigenvalue weighted by atomic mass is 32.2. The number of carbonyl (C=O) groups excluding carboxylic acids is 1. The highest BCUT2D eigenvalue weighted by Crippen LogP contribution is 2.27. The third-order valence-corrected chi connectivity index (χ3v) is 6.57. The van der Waals surface area contributed by atoms with Crippen LogP contribution < -0.4 is 9.73 Å². The molecule has 0 aliphatic rings. The molecule has 0 bridgehead atoms. The molecule has 0 saturated heterocycles. The first-order chi connectivity index (χ1) is 14.8. The number of sulfonamides is 1. The highest BCUT2D eigenvalue weighted by Gasteiger charge is 2.28. The molecule has 0 aromatic heterocycles. The number of anilines is 1. The normalized spacial score (nSPS) is 11.8. The van der Waals surface area contributed by atoms with Crippen molar-refractivity contribution in [3.8, 4) is 0 Å². The zero-order valence-electron chi connectivity index (χ0n) is 17.7. The van der Waals surface area contributed by atoms with Gasteiger partial charge in [-0.05, 0) is 55.7 Å². The molecule has 0 radical (unpaired) electrons. The molecule has 1 N–H and O–H groups in total. The molecule has 0 saturated carbocycles. The molecule has 0 fully saturated rings. The van der Waals surface area contributed by atoms with Crippen LogP contribution in [0.1, 0.15) is 23.6 Å². The van der Waals surface area contributed by atoms with E-state index in [0.717, 1.165) is 21.0 Å². The number of aryl methyl sites for hydroxylation is 2. The fourth-order valence-corrected chi connectivity index (χ4v) is 4.56. The molecule has 0 unspecified atom stereocenters. The summed E-state index contributed by atoms with van der Waals surface area (Å²) in [6, 6.07) is 23.0. The van der Waals surface area contributed by atoms with Crippen molar-refractivity contribution >= 4 is 27.3 Å². The van der Waals surface area contributed by atoms with Gasteiger partial charge >= 0.3 is 0 Å². The Morgan fingerprint density at radius 2 is 1.55 bits per heavy atom. The molecule has 3 rings (SSSR count). The van der Waals surface area contributed by atoms with Crippen molar-refractivity contribution in [2.24, 2.45) is 5.10 Å². The maximum atomic E-state index is 13.4. The molecule has 0 heterocycles. The van der Waals surface area contributed by atoms with Gasteiger partial charge in [0.1, 0.15) is 6.54 Å². The molecule has 160 valence electrons. The molecule has 0 spiro atoms. The van der Waals surface area contributed by atoms with Gasteiger partial charge in [0.25, 0.3) is 15.9 Å². The molecular weight excluding hydrogens is 410 g/mol. The van der Waals surface area contributed by atoms with E-state index >= 15 is 0 Å². The molecule has 6 nitrogen and oxygen atoms in total. The number of hydrogen-bond acceptors (Lipinski definition) is 4. The Morgan fingerprint density at radius 3 is 2.19 bits per heavy atom. The summed E-state index contributed by atoms with van der Waals surface area (Å²) in [4.78, 5) is 12.8. The largest absolute Gasteiger partial charge is 0.271 e. The lowest BCUT2D eigenvalue weighted by atomic mass is 10.1. The topological polar surface area (TPSA) is 78.8 Å². The monoisotopic (exact) mass is 435 g/mol. The molecule has 3 aromatic carbocycles. The average Bonchev–Trinajstić information content (AvgIpc) is 2.78. The van der Waals surface area contributed by atoms with Gasteiger partial charge in [0.05, 0.1) is 16.3 Å². The predicted molar refractivity (Wildman–Crippen MR) is 124 cm³/mol. The number of amides is 1. The van der Waals surface area contributed by atoms with Crippen LogP contribution in [0.3, 0.4) is 0 Å². The summed E-state index contributed by atoms with van der Waals surface area (Å²) in [6.45, 7) is 5.08. The van der Waals surface area contributed by atoms with Crippen LogP contribution in [-0.2, 0) is 14.8 Å². The minimum absolute atomic E-state index is 0.118. The highest BCUT2D eigenvalue weighted by molar-refractivity contribution is 7.92. The first-order valence-corrected chi connectivity index (χ1v) is 11.3. The number of nitrogens with one attached hydrogen (secondary N) is 1. The molecule has 1 amide bonds. The molecule has 0 aliphatic heterocycles. The fourth-order valence-electron chi connectivity index (χ4n) is 3.06. The van der Waals surface area contributed by atoms with Crippen molar-refractivity contribution in [2.45, 2.75) is 25.7 Å². The lowest BCUT2D eigenvalue weighted by molar-refractivity contribution is -0.119. The van der Waals surface area contributed by atoms with Crippen LogP contribution >= 0.6 is 0 Å². The second-order valence-electron chi connectivity index (χ2n) is 7.21. The van der Waals surface area contributed by atoms with E-state index in [9.17, 15) is 13.2 Å². The van der Waals surface area contributed by atoms with Crippen molar-refractivity contribution in [3.05, 3.63) is 95.6 Å². The Labute approximate surface area is 183 Å². The van der Waals surface area contributed by atoms with E-state index in [1.807, 2.05) is 56.3 Å². The fraction of sp³-hybridized carbons (Fsp3) is 0.167.